The van der Waals surface area contributed by atoms with Gasteiger partial charge in [-0.25, -0.2) is 0 Å². The second-order valence-corrected chi connectivity index (χ2v) is 5.31. The number of nitrogens with zero attached hydrogens (tertiary/aromatic N) is 2. The minimum absolute atomic E-state index is 0.0113. The summed E-state index contributed by atoms with van der Waals surface area (Å²) in [4.78, 5) is 35.1. The lowest BCUT2D eigenvalue weighted by Crippen LogP contribution is -2.29. The van der Waals surface area contributed by atoms with Gasteiger partial charge in [0, 0.05) is 44.3 Å². The summed E-state index contributed by atoms with van der Waals surface area (Å²) in [5.74, 6) is -0.0776. The molecule has 0 atom stereocenters. The van der Waals surface area contributed by atoms with Crippen LogP contribution in [0.25, 0.3) is 6.08 Å². The highest BCUT2D eigenvalue weighted by atomic mass is 16.6. The number of carbonyl (C=O) groups is 2. The minimum Gasteiger partial charge on any atom is -0.352 e. The van der Waals surface area contributed by atoms with Crippen LogP contribution in [0.1, 0.15) is 24.8 Å². The number of likely N-dealkylation sites (tertiary alicyclic amines) is 1. The number of nitrogens with one attached hydrogen (secondary N) is 1. The van der Waals surface area contributed by atoms with Crippen LogP contribution in [0, 0.1) is 10.1 Å². The summed E-state index contributed by atoms with van der Waals surface area (Å²) in [5.41, 5.74) is 0.583. The molecule has 1 aromatic carbocycles. The fourth-order valence-electron chi connectivity index (χ4n) is 2.39. The molecule has 1 heterocycles. The molecule has 0 spiro atoms. The van der Waals surface area contributed by atoms with Crippen LogP contribution in [0.3, 0.4) is 0 Å². The van der Waals surface area contributed by atoms with Crippen molar-refractivity contribution in [2.24, 2.45) is 0 Å². The van der Waals surface area contributed by atoms with Crippen molar-refractivity contribution in [3.05, 3.63) is 46.0 Å². The summed E-state index contributed by atoms with van der Waals surface area (Å²) in [7, 11) is 0. The Morgan fingerprint density at radius 3 is 2.96 bits per heavy atom. The molecule has 0 unspecified atom stereocenters. The molecule has 23 heavy (non-hydrogen) atoms. The summed E-state index contributed by atoms with van der Waals surface area (Å²) in [6, 6.07) is 6.07. The summed E-state index contributed by atoms with van der Waals surface area (Å²) in [6.07, 6.45) is 5.13. The Labute approximate surface area is 134 Å². The normalized spacial score (nSPS) is 14.4. The monoisotopic (exact) mass is 317 g/mol. The molecule has 0 aliphatic carbocycles. The number of rotatable bonds is 7. The summed E-state index contributed by atoms with van der Waals surface area (Å²) in [6.45, 7) is 1.95. The van der Waals surface area contributed by atoms with Crippen molar-refractivity contribution in [2.45, 2.75) is 19.3 Å². The Bertz CT molecular complexity index is 628. The van der Waals surface area contributed by atoms with Gasteiger partial charge in [0.15, 0.2) is 0 Å². The predicted molar refractivity (Wildman–Crippen MR) is 85.6 cm³/mol. The van der Waals surface area contributed by atoms with Gasteiger partial charge in [-0.15, -0.1) is 0 Å². The molecule has 0 radical (unpaired) electrons. The van der Waals surface area contributed by atoms with Crippen molar-refractivity contribution in [3.63, 3.8) is 0 Å². The van der Waals surface area contributed by atoms with Gasteiger partial charge in [-0.2, -0.15) is 0 Å². The number of hydrogen-bond donors (Lipinski definition) is 1. The Hall–Kier alpha value is -2.70. The van der Waals surface area contributed by atoms with Crippen molar-refractivity contribution < 1.29 is 14.5 Å². The molecular weight excluding hydrogens is 298 g/mol. The fourth-order valence-corrected chi connectivity index (χ4v) is 2.39. The first-order valence-corrected chi connectivity index (χ1v) is 7.54. The van der Waals surface area contributed by atoms with Gasteiger partial charge in [0.05, 0.1) is 4.92 Å². The third kappa shape index (κ3) is 5.21. The highest BCUT2D eigenvalue weighted by Crippen LogP contribution is 2.14. The van der Waals surface area contributed by atoms with E-state index in [1.807, 2.05) is 4.90 Å². The van der Waals surface area contributed by atoms with E-state index in [0.717, 1.165) is 13.0 Å². The smallest absolute Gasteiger partial charge is 0.270 e. The fraction of sp³-hybridized carbons (Fsp3) is 0.375. The molecule has 1 aliphatic heterocycles. The van der Waals surface area contributed by atoms with Gasteiger partial charge in [0.2, 0.25) is 11.8 Å². The first-order chi connectivity index (χ1) is 11.1. The van der Waals surface area contributed by atoms with Crippen LogP contribution in [0.4, 0.5) is 5.69 Å². The van der Waals surface area contributed by atoms with Crippen molar-refractivity contribution in [2.75, 3.05) is 19.6 Å². The van der Waals surface area contributed by atoms with Gasteiger partial charge in [-0.05, 0) is 24.5 Å². The molecule has 1 aromatic rings. The molecule has 0 aromatic heterocycles. The van der Waals surface area contributed by atoms with E-state index in [0.29, 0.717) is 31.5 Å². The van der Waals surface area contributed by atoms with Crippen LogP contribution in [0.15, 0.2) is 30.3 Å². The largest absolute Gasteiger partial charge is 0.352 e. The number of nitro groups is 1. The van der Waals surface area contributed by atoms with Gasteiger partial charge in [-0.1, -0.05) is 12.1 Å². The van der Waals surface area contributed by atoms with Crippen LogP contribution < -0.4 is 5.32 Å². The zero-order chi connectivity index (χ0) is 16.7. The standard InChI is InChI=1S/C16H19N3O4/c20-15(17-9-3-11-18-10-2-6-16(18)21)8-7-13-4-1-5-14(12-13)19(22)23/h1,4-5,7-8,12H,2-3,6,9-11H2,(H,17,20)/b8-7+. The van der Waals surface area contributed by atoms with Gasteiger partial charge in [0.25, 0.3) is 5.69 Å². The highest BCUT2D eigenvalue weighted by Gasteiger charge is 2.18. The molecule has 1 N–H and O–H groups in total. The second-order valence-electron chi connectivity index (χ2n) is 5.31. The first-order valence-electron chi connectivity index (χ1n) is 7.54. The molecular formula is C16H19N3O4. The molecule has 122 valence electrons. The van der Waals surface area contributed by atoms with Gasteiger partial charge < -0.3 is 10.2 Å². The quantitative estimate of drug-likeness (QED) is 0.359. The topological polar surface area (TPSA) is 92.5 Å². The molecule has 0 saturated carbocycles. The van der Waals surface area contributed by atoms with Crippen LogP contribution in [0.2, 0.25) is 0 Å². The predicted octanol–water partition coefficient (Wildman–Crippen LogP) is 1.74. The molecule has 1 fully saturated rings. The number of benzene rings is 1. The average Bonchev–Trinajstić information content (AvgIpc) is 2.95. The van der Waals surface area contributed by atoms with Crippen molar-refractivity contribution in [1.29, 1.82) is 0 Å². The molecule has 7 heteroatoms. The van der Waals surface area contributed by atoms with Gasteiger partial charge >= 0.3 is 0 Å². The molecule has 7 nitrogen and oxygen atoms in total. The van der Waals surface area contributed by atoms with E-state index in [1.54, 1.807) is 12.1 Å². The Kier molecular flexibility index (Phi) is 5.85. The maximum absolute atomic E-state index is 11.7. The average molecular weight is 317 g/mol. The molecule has 1 aliphatic rings. The third-order valence-corrected chi connectivity index (χ3v) is 3.58. The van der Waals surface area contributed by atoms with Crippen LogP contribution >= 0.6 is 0 Å². The summed E-state index contributed by atoms with van der Waals surface area (Å²) >= 11 is 0. The second kappa shape index (κ2) is 8.07. The Morgan fingerprint density at radius 2 is 2.26 bits per heavy atom. The van der Waals surface area contributed by atoms with E-state index in [1.165, 1.54) is 24.3 Å². The van der Waals surface area contributed by atoms with Crippen molar-refractivity contribution in [1.82, 2.24) is 10.2 Å². The molecule has 1 saturated heterocycles. The molecule has 0 bridgehead atoms. The zero-order valence-electron chi connectivity index (χ0n) is 12.7. The van der Waals surface area contributed by atoms with Crippen molar-refractivity contribution >= 4 is 23.6 Å². The minimum atomic E-state index is -0.475. The number of carbonyl (C=O) groups excluding carboxylic acids is 2. The zero-order valence-corrected chi connectivity index (χ0v) is 12.7. The molecule has 2 rings (SSSR count). The third-order valence-electron chi connectivity index (χ3n) is 3.58. The first kappa shape index (κ1) is 16.7. The summed E-state index contributed by atoms with van der Waals surface area (Å²) in [5, 5.41) is 13.4. The Balaban J connectivity index is 1.72. The van der Waals surface area contributed by atoms with E-state index in [9.17, 15) is 19.7 Å². The van der Waals surface area contributed by atoms with Crippen LogP contribution in [-0.4, -0.2) is 41.3 Å². The number of hydrogen-bond acceptors (Lipinski definition) is 4. The maximum atomic E-state index is 11.7. The summed E-state index contributed by atoms with van der Waals surface area (Å²) < 4.78 is 0. The molecule has 2 amide bonds. The lowest BCUT2D eigenvalue weighted by atomic mass is 10.2. The Morgan fingerprint density at radius 1 is 1.43 bits per heavy atom. The van der Waals surface area contributed by atoms with Crippen molar-refractivity contribution in [3.8, 4) is 0 Å². The van der Waals surface area contributed by atoms with E-state index < -0.39 is 4.92 Å². The number of non-ortho nitro benzene ring substituents is 1. The van der Waals surface area contributed by atoms with Crippen LogP contribution in [0.5, 0.6) is 0 Å². The van der Waals surface area contributed by atoms with Crippen LogP contribution in [-0.2, 0) is 9.59 Å². The van der Waals surface area contributed by atoms with Gasteiger partial charge in [0.1, 0.15) is 0 Å². The van der Waals surface area contributed by atoms with E-state index in [4.69, 9.17) is 0 Å². The lowest BCUT2D eigenvalue weighted by molar-refractivity contribution is -0.384. The number of amides is 2. The van der Waals surface area contributed by atoms with E-state index >= 15 is 0 Å². The number of nitro benzene ring substituents is 1. The van der Waals surface area contributed by atoms with Gasteiger partial charge in [-0.3, -0.25) is 19.7 Å². The van der Waals surface area contributed by atoms with E-state index in [-0.39, 0.29) is 17.5 Å². The lowest BCUT2D eigenvalue weighted by Gasteiger charge is -2.14. The maximum Gasteiger partial charge on any atom is 0.270 e. The SMILES string of the molecule is O=C(/C=C/c1cccc([N+](=O)[O-])c1)NCCCN1CCCC1=O. The van der Waals surface area contributed by atoms with E-state index in [2.05, 4.69) is 5.32 Å². The highest BCUT2D eigenvalue weighted by molar-refractivity contribution is 5.91.